The highest BCUT2D eigenvalue weighted by atomic mass is 32.2. The highest BCUT2D eigenvalue weighted by molar-refractivity contribution is 8.22. The Morgan fingerprint density at radius 2 is 2.08 bits per heavy atom. The quantitative estimate of drug-likeness (QED) is 0.535. The molecule has 1 aliphatic heterocycles. The van der Waals surface area contributed by atoms with Crippen molar-refractivity contribution < 1.29 is 9.63 Å². The van der Waals surface area contributed by atoms with Crippen LogP contribution in [-0.4, -0.2) is 23.7 Å². The van der Waals surface area contributed by atoms with Crippen molar-refractivity contribution in [1.29, 1.82) is 0 Å². The molecule has 0 saturated heterocycles. The van der Waals surface area contributed by atoms with Crippen LogP contribution in [0.1, 0.15) is 13.8 Å². The monoisotopic (exact) mass is 217 g/mol. The zero-order valence-electron chi connectivity index (χ0n) is 7.57. The summed E-state index contributed by atoms with van der Waals surface area (Å²) in [7, 11) is 0. The van der Waals surface area contributed by atoms with Crippen LogP contribution in [0.3, 0.4) is 0 Å². The third kappa shape index (κ3) is 2.77. The van der Waals surface area contributed by atoms with Crippen molar-refractivity contribution in [3.8, 4) is 0 Å². The third-order valence-electron chi connectivity index (χ3n) is 1.31. The van der Waals surface area contributed by atoms with Gasteiger partial charge in [0, 0.05) is 0 Å². The summed E-state index contributed by atoms with van der Waals surface area (Å²) in [4.78, 5) is 15.6. The molecule has 0 spiro atoms. The van der Waals surface area contributed by atoms with Crippen molar-refractivity contribution in [2.75, 3.05) is 11.5 Å². The molecular formula is C8H11NO2S2. The minimum absolute atomic E-state index is 0.336. The molecule has 1 rings (SSSR count). The predicted molar refractivity (Wildman–Crippen MR) is 57.9 cm³/mol. The van der Waals surface area contributed by atoms with Gasteiger partial charge in [-0.2, -0.15) is 0 Å². The molecule has 0 bridgehead atoms. The molecule has 5 heteroatoms. The summed E-state index contributed by atoms with van der Waals surface area (Å²) >= 11 is 3.30. The van der Waals surface area contributed by atoms with Crippen molar-refractivity contribution in [3.05, 3.63) is 9.81 Å². The van der Waals surface area contributed by atoms with E-state index in [1.807, 2.05) is 0 Å². The van der Waals surface area contributed by atoms with E-state index in [0.717, 1.165) is 15.7 Å². The summed E-state index contributed by atoms with van der Waals surface area (Å²) in [6.07, 6.45) is 1.49. The molecule has 72 valence electrons. The van der Waals surface area contributed by atoms with E-state index in [-0.39, 0.29) is 5.97 Å². The first-order valence-electron chi connectivity index (χ1n) is 4.04. The molecule has 0 radical (unpaired) electrons. The maximum Gasteiger partial charge on any atom is 0.369 e. The normalized spacial score (nSPS) is 14.9. The van der Waals surface area contributed by atoms with Crippen molar-refractivity contribution in [3.63, 3.8) is 0 Å². The lowest BCUT2D eigenvalue weighted by molar-refractivity contribution is -0.136. The number of hydrogen-bond acceptors (Lipinski definition) is 5. The van der Waals surface area contributed by atoms with E-state index in [2.05, 4.69) is 23.8 Å². The Balaban J connectivity index is 2.80. The van der Waals surface area contributed by atoms with Gasteiger partial charge in [0.25, 0.3) is 0 Å². The van der Waals surface area contributed by atoms with Gasteiger partial charge in [-0.15, -0.1) is 23.5 Å². The first-order valence-corrected chi connectivity index (χ1v) is 6.01. The van der Waals surface area contributed by atoms with Crippen LogP contribution in [0.2, 0.25) is 0 Å². The van der Waals surface area contributed by atoms with Gasteiger partial charge in [0.1, 0.15) is 5.57 Å². The molecule has 1 heterocycles. The predicted octanol–water partition coefficient (Wildman–Crippen LogP) is 2.25. The van der Waals surface area contributed by atoms with E-state index >= 15 is 0 Å². The lowest BCUT2D eigenvalue weighted by atomic mass is 10.3. The van der Waals surface area contributed by atoms with Gasteiger partial charge in [-0.1, -0.05) is 19.0 Å². The van der Waals surface area contributed by atoms with E-state index in [1.165, 1.54) is 6.21 Å². The number of nitrogens with zero attached hydrogens (tertiary/aromatic N) is 1. The molecule has 0 unspecified atom stereocenters. The minimum Gasteiger partial charge on any atom is -0.313 e. The van der Waals surface area contributed by atoms with Gasteiger partial charge in [0.05, 0.1) is 10.5 Å². The van der Waals surface area contributed by atoms with Crippen LogP contribution >= 0.6 is 23.5 Å². The van der Waals surface area contributed by atoms with Crippen LogP contribution in [0.5, 0.6) is 0 Å². The number of carbonyl (C=O) groups excluding carboxylic acids is 1. The Morgan fingerprint density at radius 3 is 2.46 bits per heavy atom. The molecule has 0 saturated carbocycles. The second kappa shape index (κ2) is 5.34. The van der Waals surface area contributed by atoms with Gasteiger partial charge < -0.3 is 4.84 Å². The van der Waals surface area contributed by atoms with E-state index in [9.17, 15) is 4.79 Å². The fourth-order valence-electron chi connectivity index (χ4n) is 0.824. The molecule has 0 aromatic heterocycles. The Bertz CT molecular complexity index is 253. The summed E-state index contributed by atoms with van der Waals surface area (Å²) in [5.74, 6) is 1.57. The maximum absolute atomic E-state index is 11.1. The summed E-state index contributed by atoms with van der Waals surface area (Å²) in [6.45, 7) is 4.11. The van der Waals surface area contributed by atoms with Crippen molar-refractivity contribution in [2.24, 2.45) is 5.16 Å². The lowest BCUT2D eigenvalue weighted by Crippen LogP contribution is -1.99. The lowest BCUT2D eigenvalue weighted by Gasteiger charge is -2.03. The zero-order chi connectivity index (χ0) is 9.68. The van der Waals surface area contributed by atoms with Crippen LogP contribution < -0.4 is 0 Å². The molecule has 3 nitrogen and oxygen atoms in total. The number of thioether (sulfide) groups is 2. The molecule has 13 heavy (non-hydrogen) atoms. The average molecular weight is 217 g/mol. The van der Waals surface area contributed by atoms with Crippen LogP contribution in [0.4, 0.5) is 0 Å². The second-order valence-electron chi connectivity index (χ2n) is 2.18. The fourth-order valence-corrected chi connectivity index (χ4v) is 2.97. The van der Waals surface area contributed by atoms with Crippen LogP contribution in [0, 0.1) is 0 Å². The van der Waals surface area contributed by atoms with Crippen LogP contribution in [0.25, 0.3) is 0 Å². The number of oxime groups is 1. The number of rotatable bonds is 4. The first kappa shape index (κ1) is 10.7. The number of hydrogen-bond donors (Lipinski definition) is 0. The highest BCUT2D eigenvalue weighted by Gasteiger charge is 2.20. The zero-order valence-corrected chi connectivity index (χ0v) is 9.20. The van der Waals surface area contributed by atoms with E-state index in [1.54, 1.807) is 23.5 Å². The molecule has 1 aliphatic rings. The molecular weight excluding hydrogens is 206 g/mol. The van der Waals surface area contributed by atoms with Crippen molar-refractivity contribution in [2.45, 2.75) is 13.8 Å². The van der Waals surface area contributed by atoms with Gasteiger partial charge >= 0.3 is 5.97 Å². The standard InChI is InChI=1S/C8H11NO2S2/c1-3-12-8(13-4-2)6-5-9-11-7(6)10/h5H,3-4H2,1-2H3. The summed E-state index contributed by atoms with van der Waals surface area (Å²) in [5, 5.41) is 3.47. The maximum atomic E-state index is 11.1. The average Bonchev–Trinajstić information content (AvgIpc) is 2.51. The fraction of sp³-hybridized carbons (Fsp3) is 0.500. The Kier molecular flexibility index (Phi) is 4.38. The summed E-state index contributed by atoms with van der Waals surface area (Å²) in [5.41, 5.74) is 0.596. The minimum atomic E-state index is -0.336. The molecule has 0 aliphatic carbocycles. The third-order valence-corrected chi connectivity index (χ3v) is 3.56. The molecule has 0 aromatic rings. The molecule has 0 aromatic carbocycles. The van der Waals surface area contributed by atoms with Gasteiger partial charge in [0.2, 0.25) is 0 Å². The molecule has 0 N–H and O–H groups in total. The summed E-state index contributed by atoms with van der Waals surface area (Å²) < 4.78 is 1.01. The second-order valence-corrected chi connectivity index (χ2v) is 4.99. The molecule has 0 fully saturated rings. The topological polar surface area (TPSA) is 38.7 Å². The van der Waals surface area contributed by atoms with Crippen LogP contribution in [0.15, 0.2) is 15.0 Å². The Hall–Kier alpha value is -0.420. The first-order chi connectivity index (χ1) is 6.29. The smallest absolute Gasteiger partial charge is 0.313 e. The molecule has 0 amide bonds. The van der Waals surface area contributed by atoms with Crippen molar-refractivity contribution >= 4 is 35.7 Å². The highest BCUT2D eigenvalue weighted by Crippen LogP contribution is 2.32. The Morgan fingerprint density at radius 1 is 1.46 bits per heavy atom. The van der Waals surface area contributed by atoms with Crippen molar-refractivity contribution in [1.82, 2.24) is 0 Å². The van der Waals surface area contributed by atoms with Gasteiger partial charge in [-0.3, -0.25) is 0 Å². The summed E-state index contributed by atoms with van der Waals surface area (Å²) in [6, 6.07) is 0. The van der Waals surface area contributed by atoms with Crippen LogP contribution in [-0.2, 0) is 9.63 Å². The van der Waals surface area contributed by atoms with Gasteiger partial charge in [-0.05, 0) is 11.5 Å². The SMILES string of the molecule is CCSC(SCC)=C1C=NOC1=O. The number of carbonyl (C=O) groups is 1. The van der Waals surface area contributed by atoms with Gasteiger partial charge in [0.15, 0.2) is 0 Å². The Labute approximate surface area is 86.0 Å². The van der Waals surface area contributed by atoms with E-state index in [4.69, 9.17) is 0 Å². The van der Waals surface area contributed by atoms with Gasteiger partial charge in [-0.25, -0.2) is 4.79 Å². The van der Waals surface area contributed by atoms with E-state index < -0.39 is 0 Å². The molecule has 0 atom stereocenters. The van der Waals surface area contributed by atoms with E-state index in [0.29, 0.717) is 5.57 Å². The largest absolute Gasteiger partial charge is 0.369 e.